The number of aromatic amines is 1. The number of carbonyl (C=O) groups excluding carboxylic acids is 1. The number of hydrogen-bond donors (Lipinski definition) is 3. The Kier molecular flexibility index (Phi) is 7.91. The number of benzene rings is 2. The van der Waals surface area contributed by atoms with Crippen molar-refractivity contribution < 1.29 is 14.7 Å². The molecule has 3 rings (SSSR count). The van der Waals surface area contributed by atoms with E-state index in [-0.39, 0.29) is 17.9 Å². The van der Waals surface area contributed by atoms with Crippen LogP contribution in [-0.4, -0.2) is 27.2 Å². The van der Waals surface area contributed by atoms with Gasteiger partial charge in [0.15, 0.2) is 0 Å². The van der Waals surface area contributed by atoms with Gasteiger partial charge in [0.05, 0.1) is 17.0 Å². The van der Waals surface area contributed by atoms with Crippen LogP contribution in [0.4, 0.5) is 5.69 Å². The molecule has 0 bridgehead atoms. The fraction of sp³-hybridized carbons (Fsp3) is 0.280. The van der Waals surface area contributed by atoms with Crippen molar-refractivity contribution in [3.63, 3.8) is 0 Å². The van der Waals surface area contributed by atoms with Gasteiger partial charge in [-0.05, 0) is 36.6 Å². The maximum atomic E-state index is 12.4. The van der Waals surface area contributed by atoms with E-state index in [1.165, 1.54) is 0 Å². The normalized spacial score (nSPS) is 12.2. The van der Waals surface area contributed by atoms with E-state index in [4.69, 9.17) is 0 Å². The first-order chi connectivity index (χ1) is 15.5. The molecule has 0 aliphatic rings. The average Bonchev–Trinajstić information content (AvgIpc) is 2.78. The fourth-order valence-corrected chi connectivity index (χ4v) is 3.51. The van der Waals surface area contributed by atoms with Crippen LogP contribution in [0.2, 0.25) is 0 Å². The molecule has 7 heteroatoms. The first kappa shape index (κ1) is 22.9. The number of fused-ring (bicyclic) bond motifs is 1. The predicted molar refractivity (Wildman–Crippen MR) is 125 cm³/mol. The Hall–Kier alpha value is -3.74. The highest BCUT2D eigenvalue weighted by atomic mass is 16.4. The molecule has 1 atom stereocenters. The van der Waals surface area contributed by atoms with Crippen molar-refractivity contribution in [1.29, 1.82) is 0 Å². The number of aliphatic carboxylic acids is 1. The highest BCUT2D eigenvalue weighted by molar-refractivity contribution is 5.93. The molecule has 32 heavy (non-hydrogen) atoms. The molecule has 3 N–H and O–H groups in total. The molecule has 166 valence electrons. The monoisotopic (exact) mass is 433 g/mol. The summed E-state index contributed by atoms with van der Waals surface area (Å²) in [5.41, 5.74) is 1.99. The Balaban J connectivity index is 1.69. The lowest BCUT2D eigenvalue weighted by Gasteiger charge is -2.12. The number of carboxylic acid groups (broad SMARTS) is 1. The molecule has 0 saturated heterocycles. The van der Waals surface area contributed by atoms with Crippen LogP contribution < -0.4 is 10.9 Å². The Morgan fingerprint density at radius 1 is 1.12 bits per heavy atom. The topological polar surface area (TPSA) is 112 Å². The molecule has 1 unspecified atom stereocenters. The van der Waals surface area contributed by atoms with Gasteiger partial charge in [0.1, 0.15) is 0 Å². The summed E-state index contributed by atoms with van der Waals surface area (Å²) in [4.78, 5) is 35.9. The maximum absolute atomic E-state index is 12.4. The Morgan fingerprint density at radius 2 is 1.91 bits per heavy atom. The molecule has 0 aliphatic carbocycles. The zero-order valence-electron chi connectivity index (χ0n) is 18.0. The van der Waals surface area contributed by atoms with E-state index in [1.54, 1.807) is 12.1 Å². The molecule has 7 nitrogen and oxygen atoms in total. The van der Waals surface area contributed by atoms with Gasteiger partial charge in [0, 0.05) is 23.9 Å². The summed E-state index contributed by atoms with van der Waals surface area (Å²) in [5, 5.41) is 20.3. The summed E-state index contributed by atoms with van der Waals surface area (Å²) in [7, 11) is 0. The van der Waals surface area contributed by atoms with Crippen LogP contribution in [0.25, 0.3) is 10.8 Å². The number of allylic oxidation sites excluding steroid dienone is 2. The first-order valence-electron chi connectivity index (χ1n) is 10.7. The van der Waals surface area contributed by atoms with Crippen LogP contribution in [0.5, 0.6) is 0 Å². The molecule has 0 radical (unpaired) electrons. The summed E-state index contributed by atoms with van der Waals surface area (Å²) in [6, 6.07) is 14.6. The SMILES string of the molecule is CCCC=CCC(CC(=O)Nc1cccc(Cc2n[nH]c(=O)c3ccccc23)c1)C(=O)O. The number of aromatic nitrogens is 2. The van der Waals surface area contributed by atoms with E-state index in [0.29, 0.717) is 23.9 Å². The number of rotatable bonds is 10. The van der Waals surface area contributed by atoms with Crippen LogP contribution in [0.15, 0.2) is 65.5 Å². The zero-order valence-corrected chi connectivity index (χ0v) is 18.0. The largest absolute Gasteiger partial charge is 0.481 e. The van der Waals surface area contributed by atoms with E-state index in [1.807, 2.05) is 48.6 Å². The standard InChI is InChI=1S/C25H27N3O4/c1-2-3-4-5-10-18(25(31)32)16-23(29)26-19-11-8-9-17(14-19)15-22-20-12-6-7-13-21(20)24(30)28-27-22/h4-9,11-14,18H,2-3,10,15-16H2,1H3,(H,26,29)(H,28,30)(H,31,32). The zero-order chi connectivity index (χ0) is 22.9. The smallest absolute Gasteiger partial charge is 0.307 e. The van der Waals surface area contributed by atoms with Gasteiger partial charge in [-0.3, -0.25) is 14.4 Å². The number of nitrogens with zero attached hydrogens (tertiary/aromatic N) is 1. The van der Waals surface area contributed by atoms with Crippen molar-refractivity contribution in [2.24, 2.45) is 5.92 Å². The summed E-state index contributed by atoms with van der Waals surface area (Å²) < 4.78 is 0. The minimum absolute atomic E-state index is 0.0951. The van der Waals surface area contributed by atoms with Gasteiger partial charge in [0.2, 0.25) is 5.91 Å². The van der Waals surface area contributed by atoms with Crippen molar-refractivity contribution >= 4 is 28.3 Å². The maximum Gasteiger partial charge on any atom is 0.307 e. The van der Waals surface area contributed by atoms with Gasteiger partial charge < -0.3 is 10.4 Å². The van der Waals surface area contributed by atoms with Gasteiger partial charge in [-0.2, -0.15) is 5.10 Å². The highest BCUT2D eigenvalue weighted by Crippen LogP contribution is 2.19. The third kappa shape index (κ3) is 6.14. The molecular weight excluding hydrogens is 406 g/mol. The van der Waals surface area contributed by atoms with E-state index >= 15 is 0 Å². The summed E-state index contributed by atoms with van der Waals surface area (Å²) in [6.07, 6.45) is 6.38. The number of carbonyl (C=O) groups is 2. The van der Waals surface area contributed by atoms with Crippen molar-refractivity contribution in [2.75, 3.05) is 5.32 Å². The third-order valence-electron chi connectivity index (χ3n) is 5.18. The highest BCUT2D eigenvalue weighted by Gasteiger charge is 2.20. The molecule has 0 saturated carbocycles. The van der Waals surface area contributed by atoms with Gasteiger partial charge >= 0.3 is 5.97 Å². The second kappa shape index (κ2) is 11.0. The minimum atomic E-state index is -0.980. The van der Waals surface area contributed by atoms with Crippen LogP contribution >= 0.6 is 0 Å². The Labute approximate surface area is 186 Å². The molecular formula is C25H27N3O4. The molecule has 1 aromatic heterocycles. The Morgan fingerprint density at radius 3 is 2.66 bits per heavy atom. The van der Waals surface area contributed by atoms with Crippen LogP contribution in [-0.2, 0) is 16.0 Å². The lowest BCUT2D eigenvalue weighted by Crippen LogP contribution is -2.22. The van der Waals surface area contributed by atoms with E-state index in [9.17, 15) is 19.5 Å². The number of carboxylic acids is 1. The Bertz CT molecular complexity index is 1180. The molecule has 1 amide bonds. The quantitative estimate of drug-likeness (QED) is 0.413. The molecule has 2 aromatic carbocycles. The second-order valence-electron chi connectivity index (χ2n) is 7.71. The fourth-order valence-electron chi connectivity index (χ4n) is 3.51. The van der Waals surface area contributed by atoms with Crippen LogP contribution in [0, 0.1) is 5.92 Å². The van der Waals surface area contributed by atoms with Crippen molar-refractivity contribution in [1.82, 2.24) is 10.2 Å². The van der Waals surface area contributed by atoms with E-state index < -0.39 is 11.9 Å². The number of amides is 1. The third-order valence-corrected chi connectivity index (χ3v) is 5.18. The van der Waals surface area contributed by atoms with E-state index in [0.717, 1.165) is 29.5 Å². The van der Waals surface area contributed by atoms with Gasteiger partial charge in [0.25, 0.3) is 5.56 Å². The van der Waals surface area contributed by atoms with Crippen molar-refractivity contribution in [3.05, 3.63) is 82.3 Å². The summed E-state index contributed by atoms with van der Waals surface area (Å²) in [5.74, 6) is -2.08. The average molecular weight is 434 g/mol. The molecule has 3 aromatic rings. The number of anilines is 1. The number of unbranched alkanes of at least 4 members (excludes halogenated alkanes) is 1. The van der Waals surface area contributed by atoms with Crippen LogP contribution in [0.3, 0.4) is 0 Å². The number of H-pyrrole nitrogens is 1. The predicted octanol–water partition coefficient (Wildman–Crippen LogP) is 4.29. The number of hydrogen-bond acceptors (Lipinski definition) is 4. The van der Waals surface area contributed by atoms with Crippen molar-refractivity contribution in [3.8, 4) is 0 Å². The van der Waals surface area contributed by atoms with Gasteiger partial charge in [-0.25, -0.2) is 5.10 Å². The molecule has 0 spiro atoms. The molecule has 0 aliphatic heterocycles. The summed E-state index contributed by atoms with van der Waals surface area (Å²) >= 11 is 0. The minimum Gasteiger partial charge on any atom is -0.481 e. The molecule has 0 fully saturated rings. The lowest BCUT2D eigenvalue weighted by atomic mass is 10.0. The molecule has 1 heterocycles. The van der Waals surface area contributed by atoms with Crippen molar-refractivity contribution in [2.45, 2.75) is 39.0 Å². The first-order valence-corrected chi connectivity index (χ1v) is 10.7. The lowest BCUT2D eigenvalue weighted by molar-refractivity contribution is -0.143. The van der Waals surface area contributed by atoms with Crippen LogP contribution in [0.1, 0.15) is 43.9 Å². The summed E-state index contributed by atoms with van der Waals surface area (Å²) in [6.45, 7) is 2.05. The van der Waals surface area contributed by atoms with E-state index in [2.05, 4.69) is 22.4 Å². The van der Waals surface area contributed by atoms with Gasteiger partial charge in [-0.15, -0.1) is 0 Å². The van der Waals surface area contributed by atoms with Gasteiger partial charge in [-0.1, -0.05) is 55.8 Å². The second-order valence-corrected chi connectivity index (χ2v) is 7.71. The number of nitrogens with one attached hydrogen (secondary N) is 2.